The van der Waals surface area contributed by atoms with Crippen molar-refractivity contribution < 1.29 is 9.59 Å². The van der Waals surface area contributed by atoms with Gasteiger partial charge >= 0.3 is 0 Å². The monoisotopic (exact) mass is 287 g/mol. The van der Waals surface area contributed by atoms with Crippen LogP contribution in [0.5, 0.6) is 0 Å². The first kappa shape index (κ1) is 12.8. The van der Waals surface area contributed by atoms with Gasteiger partial charge in [-0.2, -0.15) is 0 Å². The second-order valence-electron chi connectivity index (χ2n) is 4.58. The fourth-order valence-electron chi connectivity index (χ4n) is 2.17. The van der Waals surface area contributed by atoms with E-state index in [1.165, 1.54) is 16.2 Å². The zero-order valence-electron chi connectivity index (χ0n) is 10.9. The number of benzene rings is 1. The fraction of sp³-hybridized carbons (Fsp3) is 0.214. The summed E-state index contributed by atoms with van der Waals surface area (Å²) in [5.74, 6) is -0.580. The highest BCUT2D eigenvalue weighted by Gasteiger charge is 2.35. The molecule has 2 aromatic rings. The molecule has 0 saturated heterocycles. The van der Waals surface area contributed by atoms with Gasteiger partial charge in [0.25, 0.3) is 11.8 Å². The standard InChI is InChI=1S/C14H13N3O2S/c1-2-9-6-16-12(20-9)7-17-13(18)10-4-3-8(15)5-11(10)14(17)19/h3-6H,2,7,15H2,1H3. The maximum absolute atomic E-state index is 12.3. The van der Waals surface area contributed by atoms with Gasteiger partial charge in [-0.1, -0.05) is 6.92 Å². The molecular formula is C14H13N3O2S. The third-order valence-corrected chi connectivity index (χ3v) is 4.36. The molecule has 1 aliphatic heterocycles. The number of aromatic nitrogens is 1. The minimum absolute atomic E-state index is 0.219. The van der Waals surface area contributed by atoms with Crippen LogP contribution < -0.4 is 5.73 Å². The molecule has 102 valence electrons. The molecule has 2 amide bonds. The molecule has 0 spiro atoms. The van der Waals surface area contributed by atoms with E-state index < -0.39 is 0 Å². The van der Waals surface area contributed by atoms with Crippen LogP contribution in [0, 0.1) is 0 Å². The van der Waals surface area contributed by atoms with Gasteiger partial charge in [0.05, 0.1) is 17.7 Å². The predicted octanol–water partition coefficient (Wildman–Crippen LogP) is 2.08. The normalized spacial score (nSPS) is 13.9. The zero-order valence-corrected chi connectivity index (χ0v) is 11.7. The number of nitrogens with zero attached hydrogens (tertiary/aromatic N) is 2. The van der Waals surface area contributed by atoms with Gasteiger partial charge in [0.1, 0.15) is 5.01 Å². The molecule has 3 rings (SSSR count). The summed E-state index contributed by atoms with van der Waals surface area (Å²) >= 11 is 1.52. The van der Waals surface area contributed by atoms with Crippen molar-refractivity contribution in [2.75, 3.05) is 5.73 Å². The lowest BCUT2D eigenvalue weighted by Crippen LogP contribution is -2.28. The lowest BCUT2D eigenvalue weighted by Gasteiger charge is -2.11. The van der Waals surface area contributed by atoms with Crippen LogP contribution in [-0.2, 0) is 13.0 Å². The lowest BCUT2D eigenvalue weighted by molar-refractivity contribution is 0.0642. The first-order valence-electron chi connectivity index (χ1n) is 6.29. The van der Waals surface area contributed by atoms with Crippen LogP contribution in [0.2, 0.25) is 0 Å². The second kappa shape index (κ2) is 4.72. The zero-order chi connectivity index (χ0) is 14.3. The quantitative estimate of drug-likeness (QED) is 0.692. The Hall–Kier alpha value is -2.21. The minimum atomic E-state index is -0.300. The lowest BCUT2D eigenvalue weighted by atomic mass is 10.1. The van der Waals surface area contributed by atoms with E-state index in [-0.39, 0.29) is 18.4 Å². The van der Waals surface area contributed by atoms with E-state index in [1.54, 1.807) is 24.4 Å². The summed E-state index contributed by atoms with van der Waals surface area (Å²) in [6.07, 6.45) is 2.69. The van der Waals surface area contributed by atoms with Crippen LogP contribution in [0.25, 0.3) is 0 Å². The number of anilines is 1. The molecule has 0 fully saturated rings. The van der Waals surface area contributed by atoms with E-state index in [9.17, 15) is 9.59 Å². The van der Waals surface area contributed by atoms with Gasteiger partial charge in [-0.15, -0.1) is 11.3 Å². The minimum Gasteiger partial charge on any atom is -0.399 e. The summed E-state index contributed by atoms with van der Waals surface area (Å²) in [5.41, 5.74) is 6.94. The number of hydrogen-bond donors (Lipinski definition) is 1. The highest BCUT2D eigenvalue weighted by Crippen LogP contribution is 2.27. The number of nitrogens with two attached hydrogens (primary N) is 1. The highest BCUT2D eigenvalue weighted by atomic mass is 32.1. The molecule has 0 bridgehead atoms. The smallest absolute Gasteiger partial charge is 0.262 e. The molecule has 0 radical (unpaired) electrons. The van der Waals surface area contributed by atoms with Crippen molar-refractivity contribution in [3.8, 4) is 0 Å². The van der Waals surface area contributed by atoms with E-state index >= 15 is 0 Å². The molecule has 2 heterocycles. The van der Waals surface area contributed by atoms with Gasteiger partial charge < -0.3 is 5.73 Å². The topological polar surface area (TPSA) is 76.3 Å². The van der Waals surface area contributed by atoms with Crippen molar-refractivity contribution in [2.24, 2.45) is 0 Å². The summed E-state index contributed by atoms with van der Waals surface area (Å²) in [7, 11) is 0. The van der Waals surface area contributed by atoms with Gasteiger partial charge in [0, 0.05) is 16.8 Å². The van der Waals surface area contributed by atoms with Gasteiger partial charge in [-0.05, 0) is 24.6 Å². The Morgan fingerprint density at radius 1 is 1.25 bits per heavy atom. The van der Waals surface area contributed by atoms with Crippen LogP contribution >= 0.6 is 11.3 Å². The Bertz CT molecular complexity index is 708. The maximum atomic E-state index is 12.3. The molecule has 1 aliphatic rings. The van der Waals surface area contributed by atoms with Gasteiger partial charge in [0.2, 0.25) is 0 Å². The average molecular weight is 287 g/mol. The second-order valence-corrected chi connectivity index (χ2v) is 5.78. The Balaban J connectivity index is 1.89. The van der Waals surface area contributed by atoms with E-state index in [0.29, 0.717) is 16.8 Å². The van der Waals surface area contributed by atoms with Gasteiger partial charge in [-0.25, -0.2) is 4.98 Å². The molecule has 20 heavy (non-hydrogen) atoms. The number of amides is 2. The Morgan fingerprint density at radius 3 is 2.70 bits per heavy atom. The summed E-state index contributed by atoms with van der Waals surface area (Å²) in [6.45, 7) is 2.26. The number of carbonyl (C=O) groups is 2. The van der Waals surface area contributed by atoms with Crippen molar-refractivity contribution in [3.05, 3.63) is 45.4 Å². The van der Waals surface area contributed by atoms with Crippen LogP contribution in [-0.4, -0.2) is 21.7 Å². The van der Waals surface area contributed by atoms with E-state index in [1.807, 2.05) is 6.92 Å². The molecule has 0 atom stereocenters. The molecule has 1 aromatic carbocycles. The van der Waals surface area contributed by atoms with Crippen molar-refractivity contribution in [1.29, 1.82) is 0 Å². The largest absolute Gasteiger partial charge is 0.399 e. The summed E-state index contributed by atoms with van der Waals surface area (Å²) in [5, 5.41) is 0.768. The van der Waals surface area contributed by atoms with Crippen LogP contribution in [0.3, 0.4) is 0 Å². The predicted molar refractivity (Wildman–Crippen MR) is 76.6 cm³/mol. The van der Waals surface area contributed by atoms with Crippen molar-refractivity contribution in [2.45, 2.75) is 19.9 Å². The first-order valence-corrected chi connectivity index (χ1v) is 7.11. The summed E-state index contributed by atoms with van der Waals surface area (Å²) < 4.78 is 0. The number of imide groups is 1. The number of thiazole rings is 1. The van der Waals surface area contributed by atoms with Crippen LogP contribution in [0.4, 0.5) is 5.69 Å². The van der Waals surface area contributed by atoms with Gasteiger partial charge in [-0.3, -0.25) is 14.5 Å². The Kier molecular flexibility index (Phi) is 3.02. The van der Waals surface area contributed by atoms with Crippen LogP contribution in [0.15, 0.2) is 24.4 Å². The number of nitrogen functional groups attached to an aromatic ring is 1. The third-order valence-electron chi connectivity index (χ3n) is 3.24. The Labute approximate surface area is 120 Å². The van der Waals surface area contributed by atoms with Gasteiger partial charge in [0.15, 0.2) is 0 Å². The molecule has 5 nitrogen and oxygen atoms in total. The number of fused-ring (bicyclic) bond motifs is 1. The summed E-state index contributed by atoms with van der Waals surface area (Å²) in [6, 6.07) is 4.78. The average Bonchev–Trinajstić information content (AvgIpc) is 2.98. The molecule has 0 unspecified atom stereocenters. The molecular weight excluding hydrogens is 274 g/mol. The third kappa shape index (κ3) is 1.98. The SMILES string of the molecule is CCc1cnc(CN2C(=O)c3ccc(N)cc3C2=O)s1. The highest BCUT2D eigenvalue weighted by molar-refractivity contribution is 7.11. The van der Waals surface area contributed by atoms with E-state index in [0.717, 1.165) is 16.3 Å². The molecule has 2 N–H and O–H groups in total. The number of rotatable bonds is 3. The number of aryl methyl sites for hydroxylation is 1. The number of hydrogen-bond acceptors (Lipinski definition) is 5. The van der Waals surface area contributed by atoms with Crippen molar-refractivity contribution >= 4 is 28.8 Å². The van der Waals surface area contributed by atoms with Crippen LogP contribution in [0.1, 0.15) is 37.5 Å². The Morgan fingerprint density at radius 2 is 2.00 bits per heavy atom. The maximum Gasteiger partial charge on any atom is 0.262 e. The number of carbonyl (C=O) groups excluding carboxylic acids is 2. The summed E-state index contributed by atoms with van der Waals surface area (Å²) in [4.78, 5) is 31.1. The van der Waals surface area contributed by atoms with Crippen molar-refractivity contribution in [3.63, 3.8) is 0 Å². The first-order chi connectivity index (χ1) is 9.60. The molecule has 1 aromatic heterocycles. The molecule has 0 saturated carbocycles. The molecule has 6 heteroatoms. The molecule has 0 aliphatic carbocycles. The van der Waals surface area contributed by atoms with Crippen molar-refractivity contribution in [1.82, 2.24) is 9.88 Å². The fourth-order valence-corrected chi connectivity index (χ4v) is 3.02. The van der Waals surface area contributed by atoms with E-state index in [4.69, 9.17) is 5.73 Å². The van der Waals surface area contributed by atoms with E-state index in [2.05, 4.69) is 4.98 Å².